The molecule has 0 amide bonds. The smallest absolute Gasteiger partial charge is 0.337 e. The van der Waals surface area contributed by atoms with Crippen molar-refractivity contribution in [2.75, 3.05) is 7.11 Å². The van der Waals surface area contributed by atoms with E-state index in [4.69, 9.17) is 4.74 Å². The zero-order chi connectivity index (χ0) is 18.4. The van der Waals surface area contributed by atoms with Crippen molar-refractivity contribution in [3.8, 4) is 0 Å². The average molecular weight is 406 g/mol. The van der Waals surface area contributed by atoms with Crippen LogP contribution in [0.4, 0.5) is 0 Å². The average Bonchev–Trinajstić information content (AvgIpc) is 2.66. The fourth-order valence-electron chi connectivity index (χ4n) is 2.94. The molecule has 0 aliphatic carbocycles. The number of ether oxygens (including phenoxy) is 1. The van der Waals surface area contributed by atoms with Gasteiger partial charge in [0, 0.05) is 23.1 Å². The highest BCUT2D eigenvalue weighted by molar-refractivity contribution is 9.08. The van der Waals surface area contributed by atoms with Crippen molar-refractivity contribution in [3.05, 3.63) is 68.6 Å². The highest BCUT2D eigenvalue weighted by Crippen LogP contribution is 2.15. The van der Waals surface area contributed by atoms with Gasteiger partial charge in [0.2, 0.25) is 0 Å². The predicted molar refractivity (Wildman–Crippen MR) is 104 cm³/mol. The third kappa shape index (κ3) is 4.40. The molecule has 2 rings (SSSR count). The number of pyridine rings is 1. The SMILES string of the molecule is CCc1cc(CC)c(=O)n(CCc2ccc(C(=O)OC)cc2)c1CBr. The first-order valence-electron chi connectivity index (χ1n) is 8.53. The maximum absolute atomic E-state index is 12.7. The lowest BCUT2D eigenvalue weighted by Crippen LogP contribution is -2.28. The van der Waals surface area contributed by atoms with Gasteiger partial charge in [-0.05, 0) is 48.6 Å². The number of aromatic nitrogens is 1. The standard InChI is InChI=1S/C20H24BrNO3/c1-4-15-12-16(5-2)19(23)22(18(15)13-21)11-10-14-6-8-17(9-7-14)20(24)25-3/h6-9,12H,4-5,10-11,13H2,1-3H3. The van der Waals surface area contributed by atoms with Crippen LogP contribution in [0.2, 0.25) is 0 Å². The minimum absolute atomic E-state index is 0.0975. The molecule has 2 aromatic rings. The van der Waals surface area contributed by atoms with Crippen LogP contribution in [0.15, 0.2) is 35.1 Å². The van der Waals surface area contributed by atoms with Crippen molar-refractivity contribution >= 4 is 21.9 Å². The Morgan fingerprint density at radius 3 is 2.28 bits per heavy atom. The molecule has 4 nitrogen and oxygen atoms in total. The third-order valence-electron chi connectivity index (χ3n) is 4.45. The molecule has 1 heterocycles. The molecule has 25 heavy (non-hydrogen) atoms. The molecule has 1 aromatic carbocycles. The second-order valence-electron chi connectivity index (χ2n) is 5.88. The number of carbonyl (C=O) groups is 1. The Kier molecular flexibility index (Phi) is 7.00. The summed E-state index contributed by atoms with van der Waals surface area (Å²) in [6.07, 6.45) is 2.38. The molecule has 1 aromatic heterocycles. The van der Waals surface area contributed by atoms with Crippen LogP contribution < -0.4 is 5.56 Å². The highest BCUT2D eigenvalue weighted by Gasteiger charge is 2.12. The second kappa shape index (κ2) is 8.99. The number of esters is 1. The minimum Gasteiger partial charge on any atom is -0.465 e. The summed E-state index contributed by atoms with van der Waals surface area (Å²) in [6.45, 7) is 4.75. The second-order valence-corrected chi connectivity index (χ2v) is 6.44. The number of aryl methyl sites for hydroxylation is 3. The molecule has 0 spiro atoms. The van der Waals surface area contributed by atoms with Gasteiger partial charge in [0.1, 0.15) is 0 Å². The Bertz CT molecular complexity index is 794. The lowest BCUT2D eigenvalue weighted by atomic mass is 10.1. The monoisotopic (exact) mass is 405 g/mol. The summed E-state index contributed by atoms with van der Waals surface area (Å²) in [5, 5.41) is 0.663. The van der Waals surface area contributed by atoms with E-state index in [0.717, 1.165) is 36.1 Å². The number of methoxy groups -OCH3 is 1. The fraction of sp³-hybridized carbons (Fsp3) is 0.400. The Morgan fingerprint density at radius 1 is 1.12 bits per heavy atom. The van der Waals surface area contributed by atoms with Crippen LogP contribution in [0.25, 0.3) is 0 Å². The van der Waals surface area contributed by atoms with Crippen molar-refractivity contribution in [2.24, 2.45) is 0 Å². The number of carbonyl (C=O) groups excluding carboxylic acids is 1. The van der Waals surface area contributed by atoms with Gasteiger partial charge in [0.05, 0.1) is 12.7 Å². The van der Waals surface area contributed by atoms with Crippen LogP contribution in [-0.4, -0.2) is 17.6 Å². The van der Waals surface area contributed by atoms with Gasteiger partial charge in [-0.1, -0.05) is 41.9 Å². The van der Waals surface area contributed by atoms with Crippen LogP contribution in [0.3, 0.4) is 0 Å². The van der Waals surface area contributed by atoms with Gasteiger partial charge in [0.15, 0.2) is 0 Å². The van der Waals surface area contributed by atoms with Crippen LogP contribution in [0.5, 0.6) is 0 Å². The van der Waals surface area contributed by atoms with E-state index in [1.165, 1.54) is 12.7 Å². The summed E-state index contributed by atoms with van der Waals surface area (Å²) < 4.78 is 6.60. The zero-order valence-electron chi connectivity index (χ0n) is 15.0. The van der Waals surface area contributed by atoms with E-state index in [9.17, 15) is 9.59 Å². The molecule has 0 atom stereocenters. The number of hydrogen-bond donors (Lipinski definition) is 0. The summed E-state index contributed by atoms with van der Waals surface area (Å²) in [5.41, 5.74) is 4.85. The molecule has 5 heteroatoms. The zero-order valence-corrected chi connectivity index (χ0v) is 16.6. The molecule has 134 valence electrons. The Morgan fingerprint density at radius 2 is 1.76 bits per heavy atom. The van der Waals surface area contributed by atoms with Gasteiger partial charge in [-0.25, -0.2) is 4.79 Å². The Labute approximate surface area is 157 Å². The predicted octanol–water partition coefficient (Wildman–Crippen LogP) is 3.90. The summed E-state index contributed by atoms with van der Waals surface area (Å²) in [4.78, 5) is 24.2. The summed E-state index contributed by atoms with van der Waals surface area (Å²) in [5.74, 6) is -0.340. The normalized spacial score (nSPS) is 10.7. The number of benzene rings is 1. The Hall–Kier alpha value is -1.88. The topological polar surface area (TPSA) is 48.3 Å². The first kappa shape index (κ1) is 19.4. The van der Waals surface area contributed by atoms with Crippen LogP contribution in [0, 0.1) is 0 Å². The largest absolute Gasteiger partial charge is 0.465 e. The maximum atomic E-state index is 12.7. The minimum atomic E-state index is -0.340. The van der Waals surface area contributed by atoms with Gasteiger partial charge in [0.25, 0.3) is 5.56 Å². The van der Waals surface area contributed by atoms with E-state index in [-0.39, 0.29) is 11.5 Å². The lowest BCUT2D eigenvalue weighted by molar-refractivity contribution is 0.0600. The van der Waals surface area contributed by atoms with Crippen molar-refractivity contribution in [1.82, 2.24) is 4.57 Å². The molecule has 0 N–H and O–H groups in total. The molecule has 0 radical (unpaired) electrons. The maximum Gasteiger partial charge on any atom is 0.337 e. The van der Waals surface area contributed by atoms with Gasteiger partial charge in [-0.2, -0.15) is 0 Å². The van der Waals surface area contributed by atoms with Gasteiger partial charge in [-0.15, -0.1) is 0 Å². The number of nitrogens with zero attached hydrogens (tertiary/aromatic N) is 1. The van der Waals surface area contributed by atoms with Gasteiger partial charge < -0.3 is 9.30 Å². The van der Waals surface area contributed by atoms with Crippen molar-refractivity contribution in [1.29, 1.82) is 0 Å². The van der Waals surface area contributed by atoms with Crippen LogP contribution in [-0.2, 0) is 35.9 Å². The van der Waals surface area contributed by atoms with Gasteiger partial charge >= 0.3 is 5.97 Å². The Balaban J connectivity index is 2.28. The first-order chi connectivity index (χ1) is 12.0. The molecule has 0 saturated heterocycles. The third-order valence-corrected chi connectivity index (χ3v) is 4.98. The van der Waals surface area contributed by atoms with E-state index >= 15 is 0 Å². The quantitative estimate of drug-likeness (QED) is 0.518. The van der Waals surface area contributed by atoms with Crippen molar-refractivity contribution < 1.29 is 9.53 Å². The van der Waals surface area contributed by atoms with E-state index in [2.05, 4.69) is 22.9 Å². The summed E-state index contributed by atoms with van der Waals surface area (Å²) in [6, 6.07) is 9.39. The molecule has 0 fully saturated rings. The first-order valence-corrected chi connectivity index (χ1v) is 9.65. The molecule has 0 bridgehead atoms. The van der Waals surface area contributed by atoms with Gasteiger partial charge in [-0.3, -0.25) is 4.79 Å². The molecule has 0 aliphatic rings. The van der Waals surface area contributed by atoms with E-state index in [0.29, 0.717) is 17.4 Å². The van der Waals surface area contributed by atoms with E-state index in [1.54, 1.807) is 12.1 Å². The fourth-order valence-corrected chi connectivity index (χ4v) is 3.61. The van der Waals surface area contributed by atoms with E-state index in [1.807, 2.05) is 29.7 Å². The number of halogens is 1. The number of rotatable bonds is 7. The molecule has 0 aliphatic heterocycles. The summed E-state index contributed by atoms with van der Waals surface area (Å²) >= 11 is 3.53. The molecular formula is C20H24BrNO3. The number of alkyl halides is 1. The van der Waals surface area contributed by atoms with E-state index < -0.39 is 0 Å². The van der Waals surface area contributed by atoms with Crippen LogP contribution in [0.1, 0.15) is 46.6 Å². The van der Waals surface area contributed by atoms with Crippen molar-refractivity contribution in [2.45, 2.75) is 45.0 Å². The molecule has 0 unspecified atom stereocenters. The van der Waals surface area contributed by atoms with Crippen LogP contribution >= 0.6 is 15.9 Å². The molecular weight excluding hydrogens is 382 g/mol. The lowest BCUT2D eigenvalue weighted by Gasteiger charge is -2.17. The number of hydrogen-bond acceptors (Lipinski definition) is 3. The van der Waals surface area contributed by atoms with Crippen molar-refractivity contribution in [3.63, 3.8) is 0 Å². The molecule has 0 saturated carbocycles. The highest BCUT2D eigenvalue weighted by atomic mass is 79.9. The summed E-state index contributed by atoms with van der Waals surface area (Å²) in [7, 11) is 1.37.